The highest BCUT2D eigenvalue weighted by Gasteiger charge is 2.58. The molecule has 2 bridgehead atoms. The Morgan fingerprint density at radius 2 is 1.85 bits per heavy atom. The summed E-state index contributed by atoms with van der Waals surface area (Å²) in [5, 5.41) is 9.17. The zero-order valence-corrected chi connectivity index (χ0v) is 13.9. The number of amides is 3. The van der Waals surface area contributed by atoms with Crippen LogP contribution in [0.4, 0.5) is 4.79 Å². The predicted octanol–water partition coefficient (Wildman–Crippen LogP) is 2.48. The lowest BCUT2D eigenvalue weighted by molar-refractivity contribution is -0.128. The van der Waals surface area contributed by atoms with Crippen LogP contribution in [-0.2, 0) is 4.79 Å². The maximum Gasteiger partial charge on any atom is 0.321 e. The molecular weight excluding hydrogens is 270 g/mol. The Kier molecular flexibility index (Phi) is 3.10. The van der Waals surface area contributed by atoms with Crippen LogP contribution in [0.2, 0.25) is 18.1 Å². The lowest BCUT2D eigenvalue weighted by atomic mass is 10.0. The Morgan fingerprint density at radius 1 is 1.30 bits per heavy atom. The van der Waals surface area contributed by atoms with E-state index in [-0.39, 0.29) is 17.0 Å². The van der Waals surface area contributed by atoms with Crippen molar-refractivity contribution < 1.29 is 9.59 Å². The number of rotatable bonds is 1. The van der Waals surface area contributed by atoms with Gasteiger partial charge in [-0.05, 0) is 17.5 Å². The molecule has 5 nitrogen and oxygen atoms in total. The minimum atomic E-state index is -2.17. The minimum absolute atomic E-state index is 0.0502. The van der Waals surface area contributed by atoms with E-state index in [1.54, 1.807) is 10.6 Å². The first-order valence-corrected chi connectivity index (χ1v) is 9.73. The second-order valence-corrected chi connectivity index (χ2v) is 12.2. The molecule has 0 N–H and O–H groups in total. The molecule has 3 amide bonds. The van der Waals surface area contributed by atoms with E-state index >= 15 is 0 Å². The Balaban J connectivity index is 2.54. The van der Waals surface area contributed by atoms with Gasteiger partial charge < -0.3 is 4.57 Å². The molecule has 1 saturated heterocycles. The standard InChI is InChI=1S/C14H21N3O2Si/c1-9-7-10-12(18)16(11(9)8-15)13(19)17(10)20(5,6)14(2,3)4/h7,10-11H,1-6H3/t10?,11-/m1/s1. The fourth-order valence-corrected chi connectivity index (χ4v) is 4.81. The number of urea groups is 1. The van der Waals surface area contributed by atoms with Gasteiger partial charge in [0, 0.05) is 0 Å². The molecule has 0 radical (unpaired) electrons. The van der Waals surface area contributed by atoms with Crippen LogP contribution >= 0.6 is 0 Å². The molecule has 2 rings (SSSR count). The lowest BCUT2D eigenvalue weighted by Crippen LogP contribution is -2.58. The molecule has 0 spiro atoms. The van der Waals surface area contributed by atoms with Crippen molar-refractivity contribution >= 4 is 20.2 Å². The molecule has 0 aliphatic carbocycles. The van der Waals surface area contributed by atoms with Gasteiger partial charge in [-0.15, -0.1) is 0 Å². The first-order valence-electron chi connectivity index (χ1n) is 6.78. The topological polar surface area (TPSA) is 64.4 Å². The van der Waals surface area contributed by atoms with Crippen LogP contribution < -0.4 is 0 Å². The SMILES string of the molecule is CC1=CC2C(=O)N(C(=O)N2[Si](C)(C)C(C)(C)C)[C@@H]1C#N. The van der Waals surface area contributed by atoms with Crippen molar-refractivity contribution in [2.45, 2.75) is 57.9 Å². The molecule has 2 aliphatic rings. The summed E-state index contributed by atoms with van der Waals surface area (Å²) in [6, 6.07) is 0.488. The fraction of sp³-hybridized carbons (Fsp3) is 0.643. The van der Waals surface area contributed by atoms with Crippen molar-refractivity contribution in [2.75, 3.05) is 0 Å². The van der Waals surface area contributed by atoms with Crippen molar-refractivity contribution in [3.05, 3.63) is 11.6 Å². The lowest BCUT2D eigenvalue weighted by Gasteiger charge is -2.44. The molecule has 2 atom stereocenters. The highest BCUT2D eigenvalue weighted by atomic mass is 28.3. The Labute approximate surface area is 120 Å². The van der Waals surface area contributed by atoms with Gasteiger partial charge in [0.05, 0.1) is 6.07 Å². The molecule has 1 fully saturated rings. The molecule has 0 aromatic rings. The average molecular weight is 291 g/mol. The van der Waals surface area contributed by atoms with Crippen LogP contribution in [0.1, 0.15) is 27.7 Å². The molecule has 0 aromatic heterocycles. The van der Waals surface area contributed by atoms with Gasteiger partial charge in [0.25, 0.3) is 5.91 Å². The Hall–Kier alpha value is -1.61. The number of carbonyl (C=O) groups is 2. The highest BCUT2D eigenvalue weighted by molar-refractivity contribution is 6.80. The monoisotopic (exact) mass is 291 g/mol. The van der Waals surface area contributed by atoms with Crippen LogP contribution in [0.25, 0.3) is 0 Å². The van der Waals surface area contributed by atoms with Crippen molar-refractivity contribution in [2.24, 2.45) is 0 Å². The second-order valence-electron chi connectivity index (χ2n) is 7.06. The number of hydrogen-bond acceptors (Lipinski definition) is 3. The molecule has 1 unspecified atom stereocenters. The van der Waals surface area contributed by atoms with Gasteiger partial charge in [-0.2, -0.15) is 5.26 Å². The predicted molar refractivity (Wildman–Crippen MR) is 78.2 cm³/mol. The summed E-state index contributed by atoms with van der Waals surface area (Å²) < 4.78 is 1.76. The first kappa shape index (κ1) is 14.8. The number of hydrogen-bond donors (Lipinski definition) is 0. The summed E-state index contributed by atoms with van der Waals surface area (Å²) in [6.07, 6.45) is 1.79. The fourth-order valence-electron chi connectivity index (χ4n) is 2.62. The smallest absolute Gasteiger partial charge is 0.321 e. The second kappa shape index (κ2) is 4.19. The molecule has 2 aliphatic heterocycles. The van der Waals surface area contributed by atoms with E-state index in [1.807, 2.05) is 6.92 Å². The molecule has 20 heavy (non-hydrogen) atoms. The van der Waals surface area contributed by atoms with Crippen LogP contribution in [-0.4, -0.2) is 41.7 Å². The Bertz CT molecular complexity index is 554. The van der Waals surface area contributed by atoms with E-state index in [0.29, 0.717) is 0 Å². The van der Waals surface area contributed by atoms with E-state index in [9.17, 15) is 14.9 Å². The summed E-state index contributed by atoms with van der Waals surface area (Å²) in [5.41, 5.74) is 0.784. The molecule has 0 aromatic carbocycles. The number of nitriles is 1. The third kappa shape index (κ3) is 1.73. The van der Waals surface area contributed by atoms with Crippen LogP contribution in [0, 0.1) is 11.3 Å². The molecule has 0 saturated carbocycles. The largest absolute Gasteiger partial charge is 0.337 e. The molecule has 6 heteroatoms. The van der Waals surface area contributed by atoms with Gasteiger partial charge in [-0.3, -0.25) is 4.79 Å². The normalized spacial score (nSPS) is 26.8. The van der Waals surface area contributed by atoms with E-state index in [0.717, 1.165) is 10.5 Å². The van der Waals surface area contributed by atoms with Crippen molar-refractivity contribution in [3.8, 4) is 6.07 Å². The summed E-state index contributed by atoms with van der Waals surface area (Å²) in [5.74, 6) is -0.253. The third-order valence-electron chi connectivity index (χ3n) is 4.85. The minimum Gasteiger partial charge on any atom is -0.337 e. The number of carbonyl (C=O) groups excluding carboxylic acids is 2. The number of nitrogens with zero attached hydrogens (tertiary/aromatic N) is 3. The van der Waals surface area contributed by atoms with Crippen LogP contribution in [0.3, 0.4) is 0 Å². The zero-order chi connectivity index (χ0) is 15.5. The Morgan fingerprint density at radius 3 is 2.30 bits per heavy atom. The molecule has 2 heterocycles. The van der Waals surface area contributed by atoms with Gasteiger partial charge >= 0.3 is 6.03 Å². The summed E-state index contributed by atoms with van der Waals surface area (Å²) in [4.78, 5) is 26.2. The quantitative estimate of drug-likeness (QED) is 0.423. The van der Waals surface area contributed by atoms with E-state index in [1.165, 1.54) is 0 Å². The zero-order valence-electron chi connectivity index (χ0n) is 12.9. The van der Waals surface area contributed by atoms with Crippen LogP contribution in [0.15, 0.2) is 11.6 Å². The summed E-state index contributed by atoms with van der Waals surface area (Å²) >= 11 is 0. The molecular formula is C14H21N3O2Si. The average Bonchev–Trinajstić information content (AvgIpc) is 2.48. The van der Waals surface area contributed by atoms with Crippen molar-refractivity contribution in [3.63, 3.8) is 0 Å². The van der Waals surface area contributed by atoms with E-state index in [2.05, 4.69) is 39.9 Å². The highest BCUT2D eigenvalue weighted by Crippen LogP contribution is 2.43. The number of imide groups is 1. The molecule has 108 valence electrons. The third-order valence-corrected chi connectivity index (χ3v) is 10.2. The van der Waals surface area contributed by atoms with Crippen molar-refractivity contribution in [1.29, 1.82) is 5.26 Å². The van der Waals surface area contributed by atoms with Gasteiger partial charge in [-0.25, -0.2) is 9.69 Å². The maximum absolute atomic E-state index is 12.7. The summed E-state index contributed by atoms with van der Waals surface area (Å²) in [7, 11) is -2.17. The van der Waals surface area contributed by atoms with E-state index < -0.39 is 20.3 Å². The van der Waals surface area contributed by atoms with Gasteiger partial charge in [0.15, 0.2) is 8.24 Å². The first-order chi connectivity index (χ1) is 9.04. The summed E-state index contributed by atoms with van der Waals surface area (Å²) in [6.45, 7) is 12.3. The van der Waals surface area contributed by atoms with E-state index in [4.69, 9.17) is 0 Å². The van der Waals surface area contributed by atoms with Crippen LogP contribution in [0.5, 0.6) is 0 Å². The van der Waals surface area contributed by atoms with Crippen molar-refractivity contribution in [1.82, 2.24) is 9.47 Å². The maximum atomic E-state index is 12.7. The number of fused-ring (bicyclic) bond motifs is 2. The van der Waals surface area contributed by atoms with Gasteiger partial charge in [-0.1, -0.05) is 39.9 Å². The van der Waals surface area contributed by atoms with Gasteiger partial charge in [0.2, 0.25) is 0 Å². The van der Waals surface area contributed by atoms with Gasteiger partial charge in [0.1, 0.15) is 12.1 Å².